The SMILES string of the molecule is CCCn1c(SCC(=O)Nc2ncc(Cl)cc2Cl)nc2ccccc2c1=O. The monoisotopic (exact) mass is 422 g/mol. The van der Waals surface area contributed by atoms with E-state index >= 15 is 0 Å². The van der Waals surface area contributed by atoms with Gasteiger partial charge in [-0.3, -0.25) is 14.2 Å². The molecule has 140 valence electrons. The van der Waals surface area contributed by atoms with Crippen LogP contribution in [0, 0.1) is 0 Å². The molecule has 27 heavy (non-hydrogen) atoms. The minimum absolute atomic E-state index is 0.0646. The lowest BCUT2D eigenvalue weighted by molar-refractivity contribution is -0.113. The van der Waals surface area contributed by atoms with Gasteiger partial charge < -0.3 is 5.32 Å². The van der Waals surface area contributed by atoms with Gasteiger partial charge in [-0.05, 0) is 24.6 Å². The number of hydrogen-bond acceptors (Lipinski definition) is 5. The summed E-state index contributed by atoms with van der Waals surface area (Å²) in [7, 11) is 0. The molecule has 1 N–H and O–H groups in total. The molecule has 0 spiro atoms. The maximum absolute atomic E-state index is 12.7. The maximum Gasteiger partial charge on any atom is 0.262 e. The first-order chi connectivity index (χ1) is 13.0. The van der Waals surface area contributed by atoms with Crippen molar-refractivity contribution >= 4 is 57.6 Å². The summed E-state index contributed by atoms with van der Waals surface area (Å²) in [5, 5.41) is 4.35. The zero-order valence-electron chi connectivity index (χ0n) is 14.4. The number of aromatic nitrogens is 3. The van der Waals surface area contributed by atoms with E-state index in [1.54, 1.807) is 16.7 Å². The Hall–Kier alpha value is -2.09. The van der Waals surface area contributed by atoms with E-state index in [9.17, 15) is 9.59 Å². The summed E-state index contributed by atoms with van der Waals surface area (Å²) in [5.74, 6) is 0.000969. The number of thioether (sulfide) groups is 1. The number of rotatable bonds is 6. The highest BCUT2D eigenvalue weighted by atomic mass is 35.5. The number of hydrogen-bond donors (Lipinski definition) is 1. The molecule has 0 fully saturated rings. The predicted octanol–water partition coefficient (Wildman–Crippen LogP) is 4.24. The van der Waals surface area contributed by atoms with Crippen LogP contribution in [0.5, 0.6) is 0 Å². The summed E-state index contributed by atoms with van der Waals surface area (Å²) in [4.78, 5) is 33.5. The van der Waals surface area contributed by atoms with E-state index in [2.05, 4.69) is 15.3 Å². The van der Waals surface area contributed by atoms with Crippen molar-refractivity contribution in [2.45, 2.75) is 25.0 Å². The maximum atomic E-state index is 12.7. The van der Waals surface area contributed by atoms with Crippen LogP contribution in [0.3, 0.4) is 0 Å². The van der Waals surface area contributed by atoms with E-state index in [0.29, 0.717) is 27.6 Å². The lowest BCUT2D eigenvalue weighted by atomic mass is 10.2. The molecule has 3 rings (SSSR count). The molecule has 1 aromatic carbocycles. The van der Waals surface area contributed by atoms with Crippen molar-refractivity contribution < 1.29 is 4.79 Å². The summed E-state index contributed by atoms with van der Waals surface area (Å²) < 4.78 is 1.60. The number of amides is 1. The summed E-state index contributed by atoms with van der Waals surface area (Å²) >= 11 is 13.0. The standard InChI is InChI=1S/C18H16Cl2N4O2S/c1-2-7-24-17(26)12-5-3-4-6-14(12)22-18(24)27-10-15(25)23-16-13(20)8-11(19)9-21-16/h3-6,8-9H,2,7,10H2,1H3,(H,21,23,25). The van der Waals surface area contributed by atoms with Crippen molar-refractivity contribution in [1.29, 1.82) is 0 Å². The lowest BCUT2D eigenvalue weighted by Gasteiger charge is -2.12. The molecule has 0 saturated heterocycles. The van der Waals surface area contributed by atoms with Crippen LogP contribution in [-0.4, -0.2) is 26.2 Å². The smallest absolute Gasteiger partial charge is 0.262 e. The fourth-order valence-corrected chi connectivity index (χ4v) is 3.74. The molecule has 3 aromatic rings. The van der Waals surface area contributed by atoms with Crippen LogP contribution in [0.15, 0.2) is 46.5 Å². The Morgan fingerprint density at radius 1 is 1.30 bits per heavy atom. The van der Waals surface area contributed by atoms with Gasteiger partial charge in [0, 0.05) is 12.7 Å². The van der Waals surface area contributed by atoms with Crippen molar-refractivity contribution in [3.63, 3.8) is 0 Å². The molecule has 2 aromatic heterocycles. The second kappa shape index (κ2) is 8.73. The van der Waals surface area contributed by atoms with Crippen LogP contribution >= 0.6 is 35.0 Å². The second-order valence-corrected chi connectivity index (χ2v) is 7.48. The van der Waals surface area contributed by atoms with Gasteiger partial charge in [0.05, 0.1) is 26.7 Å². The Morgan fingerprint density at radius 2 is 2.07 bits per heavy atom. The third-order valence-corrected chi connectivity index (χ3v) is 5.14. The van der Waals surface area contributed by atoms with E-state index in [-0.39, 0.29) is 28.1 Å². The van der Waals surface area contributed by atoms with E-state index in [1.165, 1.54) is 24.0 Å². The van der Waals surface area contributed by atoms with Gasteiger partial charge in [0.1, 0.15) is 0 Å². The number of para-hydroxylation sites is 1. The lowest BCUT2D eigenvalue weighted by Crippen LogP contribution is -2.24. The van der Waals surface area contributed by atoms with Crippen LogP contribution in [0.1, 0.15) is 13.3 Å². The molecule has 0 atom stereocenters. The Morgan fingerprint density at radius 3 is 2.81 bits per heavy atom. The molecule has 0 radical (unpaired) electrons. The zero-order valence-corrected chi connectivity index (χ0v) is 16.7. The molecule has 0 aliphatic carbocycles. The van der Waals surface area contributed by atoms with Crippen LogP contribution < -0.4 is 10.9 Å². The highest BCUT2D eigenvalue weighted by molar-refractivity contribution is 7.99. The first-order valence-corrected chi connectivity index (χ1v) is 9.97. The Bertz CT molecular complexity index is 1060. The minimum atomic E-state index is -0.304. The summed E-state index contributed by atoms with van der Waals surface area (Å²) in [6.45, 7) is 2.52. The van der Waals surface area contributed by atoms with Gasteiger partial charge in [0.2, 0.25) is 5.91 Å². The average molecular weight is 423 g/mol. The Labute approximate surface area is 169 Å². The number of fused-ring (bicyclic) bond motifs is 1. The molecule has 9 heteroatoms. The highest BCUT2D eigenvalue weighted by Crippen LogP contribution is 2.23. The quantitative estimate of drug-likeness (QED) is 0.474. The normalized spacial score (nSPS) is 10.9. The molecule has 0 aliphatic rings. The molecule has 0 bridgehead atoms. The van der Waals surface area contributed by atoms with Crippen molar-refractivity contribution in [2.75, 3.05) is 11.1 Å². The van der Waals surface area contributed by atoms with Crippen molar-refractivity contribution in [1.82, 2.24) is 14.5 Å². The molecular weight excluding hydrogens is 407 g/mol. The number of pyridine rings is 1. The van der Waals surface area contributed by atoms with Crippen LogP contribution in [-0.2, 0) is 11.3 Å². The highest BCUT2D eigenvalue weighted by Gasteiger charge is 2.14. The number of nitrogens with one attached hydrogen (secondary N) is 1. The minimum Gasteiger partial charge on any atom is -0.309 e. The van der Waals surface area contributed by atoms with Crippen molar-refractivity contribution in [3.8, 4) is 0 Å². The van der Waals surface area contributed by atoms with Gasteiger partial charge in [0.15, 0.2) is 11.0 Å². The topological polar surface area (TPSA) is 76.9 Å². The molecule has 0 saturated carbocycles. The van der Waals surface area contributed by atoms with Crippen molar-refractivity contribution in [2.24, 2.45) is 0 Å². The molecule has 0 unspecified atom stereocenters. The van der Waals surface area contributed by atoms with Gasteiger partial charge in [0.25, 0.3) is 5.56 Å². The first-order valence-electron chi connectivity index (χ1n) is 8.23. The number of benzene rings is 1. The average Bonchev–Trinajstić information content (AvgIpc) is 2.65. The molecule has 0 aliphatic heterocycles. The molecule has 6 nitrogen and oxygen atoms in total. The van der Waals surface area contributed by atoms with Crippen LogP contribution in [0.25, 0.3) is 10.9 Å². The number of halogens is 2. The summed E-state index contributed by atoms with van der Waals surface area (Å²) in [6, 6.07) is 8.68. The third-order valence-electron chi connectivity index (χ3n) is 3.67. The number of anilines is 1. The number of carbonyl (C=O) groups excluding carboxylic acids is 1. The summed E-state index contributed by atoms with van der Waals surface area (Å²) in [6.07, 6.45) is 2.18. The van der Waals surface area contributed by atoms with Gasteiger partial charge in [-0.1, -0.05) is 54.0 Å². The fraction of sp³-hybridized carbons (Fsp3) is 0.222. The van der Waals surface area contributed by atoms with Gasteiger partial charge in [-0.15, -0.1) is 0 Å². The fourth-order valence-electron chi connectivity index (χ4n) is 2.48. The Kier molecular flexibility index (Phi) is 6.36. The first kappa shape index (κ1) is 19.7. The predicted molar refractivity (Wildman–Crippen MR) is 110 cm³/mol. The molecular formula is C18H16Cl2N4O2S. The van der Waals surface area contributed by atoms with Gasteiger partial charge >= 0.3 is 0 Å². The summed E-state index contributed by atoms with van der Waals surface area (Å²) in [5.41, 5.74) is 0.507. The Balaban J connectivity index is 1.80. The largest absolute Gasteiger partial charge is 0.309 e. The number of nitrogens with zero attached hydrogens (tertiary/aromatic N) is 3. The van der Waals surface area contributed by atoms with E-state index in [0.717, 1.165) is 6.42 Å². The van der Waals surface area contributed by atoms with Gasteiger partial charge in [-0.25, -0.2) is 9.97 Å². The molecule has 2 heterocycles. The van der Waals surface area contributed by atoms with Crippen LogP contribution in [0.2, 0.25) is 10.0 Å². The number of carbonyl (C=O) groups is 1. The zero-order chi connectivity index (χ0) is 19.4. The van der Waals surface area contributed by atoms with Crippen molar-refractivity contribution in [3.05, 3.63) is 56.9 Å². The van der Waals surface area contributed by atoms with E-state index < -0.39 is 0 Å². The van der Waals surface area contributed by atoms with E-state index in [4.69, 9.17) is 23.2 Å². The molecule has 1 amide bonds. The van der Waals surface area contributed by atoms with E-state index in [1.807, 2.05) is 19.1 Å². The van der Waals surface area contributed by atoms with Crippen LogP contribution in [0.4, 0.5) is 5.82 Å². The van der Waals surface area contributed by atoms with Gasteiger partial charge in [-0.2, -0.15) is 0 Å². The third kappa shape index (κ3) is 4.61. The second-order valence-electron chi connectivity index (χ2n) is 5.69.